The van der Waals surface area contributed by atoms with Crippen molar-refractivity contribution in [1.82, 2.24) is 9.88 Å². The van der Waals surface area contributed by atoms with E-state index in [-0.39, 0.29) is 5.91 Å². The minimum absolute atomic E-state index is 0.206. The van der Waals surface area contributed by atoms with E-state index in [2.05, 4.69) is 19.2 Å². The average Bonchev–Trinajstić information content (AvgIpc) is 2.72. The van der Waals surface area contributed by atoms with E-state index in [9.17, 15) is 9.59 Å². The van der Waals surface area contributed by atoms with E-state index in [4.69, 9.17) is 10.2 Å². The summed E-state index contributed by atoms with van der Waals surface area (Å²) < 4.78 is 6.47. The Kier molecular flexibility index (Phi) is 4.35. The highest BCUT2D eigenvalue weighted by Crippen LogP contribution is 2.19. The van der Waals surface area contributed by atoms with Crippen LogP contribution in [0.1, 0.15) is 33.2 Å². The largest absolute Gasteiger partial charge is 0.420 e. The van der Waals surface area contributed by atoms with Gasteiger partial charge in [-0.15, -0.1) is 0 Å². The SMILES string of the molecule is CC(C)CCNC(=O)C(C)n1c(=O)oc2ccc(N)cc21. The van der Waals surface area contributed by atoms with Gasteiger partial charge in [0.1, 0.15) is 6.04 Å². The third kappa shape index (κ3) is 3.26. The molecule has 0 radical (unpaired) electrons. The fourth-order valence-electron chi connectivity index (χ4n) is 2.17. The lowest BCUT2D eigenvalue weighted by Crippen LogP contribution is -2.35. The molecule has 0 aliphatic heterocycles. The van der Waals surface area contributed by atoms with Crippen molar-refractivity contribution in [3.63, 3.8) is 0 Å². The van der Waals surface area contributed by atoms with Crippen molar-refractivity contribution in [2.75, 3.05) is 12.3 Å². The molecule has 21 heavy (non-hydrogen) atoms. The standard InChI is InChI=1S/C15H21N3O3/c1-9(2)6-7-17-14(19)10(3)18-12-8-11(16)4-5-13(12)21-15(18)20/h4-5,8-10H,6-7,16H2,1-3H3,(H,17,19). The van der Waals surface area contributed by atoms with E-state index in [1.54, 1.807) is 25.1 Å². The Bertz CT molecular complexity index is 700. The molecule has 1 heterocycles. The molecule has 1 aromatic heterocycles. The molecule has 1 amide bonds. The van der Waals surface area contributed by atoms with Crippen LogP contribution < -0.4 is 16.8 Å². The molecular formula is C15H21N3O3. The molecule has 1 atom stereocenters. The van der Waals surface area contributed by atoms with Crippen LogP contribution in [0.2, 0.25) is 0 Å². The lowest BCUT2D eigenvalue weighted by Gasteiger charge is -2.14. The van der Waals surface area contributed by atoms with Crippen LogP contribution in [0.3, 0.4) is 0 Å². The Morgan fingerprint density at radius 2 is 2.10 bits per heavy atom. The van der Waals surface area contributed by atoms with Crippen LogP contribution in [0.25, 0.3) is 11.1 Å². The second-order valence-electron chi connectivity index (χ2n) is 5.61. The third-order valence-electron chi connectivity index (χ3n) is 3.42. The fourth-order valence-corrected chi connectivity index (χ4v) is 2.17. The molecule has 2 aromatic rings. The van der Waals surface area contributed by atoms with Gasteiger partial charge in [0.25, 0.3) is 0 Å². The number of nitrogens with one attached hydrogen (secondary N) is 1. The molecular weight excluding hydrogens is 270 g/mol. The molecule has 0 fully saturated rings. The van der Waals surface area contributed by atoms with Gasteiger partial charge in [-0.2, -0.15) is 0 Å². The van der Waals surface area contributed by atoms with Crippen molar-refractivity contribution in [2.24, 2.45) is 5.92 Å². The summed E-state index contributed by atoms with van der Waals surface area (Å²) in [6.45, 7) is 6.44. The van der Waals surface area contributed by atoms with Gasteiger partial charge in [0.15, 0.2) is 5.58 Å². The molecule has 0 bridgehead atoms. The monoisotopic (exact) mass is 291 g/mol. The van der Waals surface area contributed by atoms with E-state index < -0.39 is 11.8 Å². The Morgan fingerprint density at radius 1 is 1.38 bits per heavy atom. The number of nitrogens with two attached hydrogens (primary N) is 1. The van der Waals surface area contributed by atoms with Gasteiger partial charge in [-0.3, -0.25) is 9.36 Å². The smallest absolute Gasteiger partial charge is 0.408 e. The molecule has 0 aliphatic carbocycles. The number of aromatic nitrogens is 1. The van der Waals surface area contributed by atoms with E-state index in [0.717, 1.165) is 6.42 Å². The minimum atomic E-state index is -0.646. The molecule has 2 rings (SSSR count). The number of hydrogen-bond donors (Lipinski definition) is 2. The Labute approximate surface area is 122 Å². The zero-order chi connectivity index (χ0) is 15.6. The molecule has 0 saturated heterocycles. The molecule has 6 heteroatoms. The van der Waals surface area contributed by atoms with Crippen LogP contribution in [0.15, 0.2) is 27.4 Å². The first-order valence-corrected chi connectivity index (χ1v) is 7.08. The average molecular weight is 291 g/mol. The topological polar surface area (TPSA) is 90.3 Å². The Balaban J connectivity index is 2.24. The van der Waals surface area contributed by atoms with Gasteiger partial charge < -0.3 is 15.5 Å². The Hall–Kier alpha value is -2.24. The van der Waals surface area contributed by atoms with Crippen molar-refractivity contribution >= 4 is 22.7 Å². The normalized spacial score (nSPS) is 12.8. The van der Waals surface area contributed by atoms with E-state index in [0.29, 0.717) is 29.2 Å². The number of nitrogen functional groups attached to an aromatic ring is 1. The number of carbonyl (C=O) groups excluding carboxylic acids is 1. The summed E-state index contributed by atoms with van der Waals surface area (Å²) in [4.78, 5) is 24.1. The van der Waals surface area contributed by atoms with Crippen molar-refractivity contribution in [3.8, 4) is 0 Å². The number of anilines is 1. The summed E-state index contributed by atoms with van der Waals surface area (Å²) in [6.07, 6.45) is 0.895. The number of carbonyl (C=O) groups is 1. The lowest BCUT2D eigenvalue weighted by molar-refractivity contribution is -0.123. The number of hydrogen-bond acceptors (Lipinski definition) is 4. The summed E-state index contributed by atoms with van der Waals surface area (Å²) in [5.41, 5.74) is 7.21. The molecule has 1 unspecified atom stereocenters. The quantitative estimate of drug-likeness (QED) is 0.823. The predicted octanol–water partition coefficient (Wildman–Crippen LogP) is 1.90. The van der Waals surface area contributed by atoms with E-state index in [1.165, 1.54) is 4.57 Å². The lowest BCUT2D eigenvalue weighted by atomic mass is 10.1. The highest BCUT2D eigenvalue weighted by molar-refractivity contribution is 5.83. The first kappa shape index (κ1) is 15.2. The van der Waals surface area contributed by atoms with E-state index >= 15 is 0 Å². The minimum Gasteiger partial charge on any atom is -0.408 e. The third-order valence-corrected chi connectivity index (χ3v) is 3.42. The molecule has 0 spiro atoms. The summed E-state index contributed by atoms with van der Waals surface area (Å²) in [7, 11) is 0. The number of rotatable bonds is 5. The highest BCUT2D eigenvalue weighted by atomic mass is 16.4. The van der Waals surface area contributed by atoms with Gasteiger partial charge in [0.2, 0.25) is 5.91 Å². The summed E-state index contributed by atoms with van der Waals surface area (Å²) >= 11 is 0. The summed E-state index contributed by atoms with van der Waals surface area (Å²) in [6, 6.07) is 4.28. The van der Waals surface area contributed by atoms with Crippen LogP contribution in [0, 0.1) is 5.92 Å². The summed E-state index contributed by atoms with van der Waals surface area (Å²) in [5, 5.41) is 2.84. The number of fused-ring (bicyclic) bond motifs is 1. The molecule has 1 aromatic carbocycles. The summed E-state index contributed by atoms with van der Waals surface area (Å²) in [5.74, 6) is -0.247. The zero-order valence-electron chi connectivity index (χ0n) is 12.6. The zero-order valence-corrected chi connectivity index (χ0v) is 12.6. The molecule has 6 nitrogen and oxygen atoms in total. The number of oxazole rings is 1. The molecule has 114 valence electrons. The first-order chi connectivity index (χ1) is 9.90. The van der Waals surface area contributed by atoms with E-state index in [1.807, 2.05) is 0 Å². The Morgan fingerprint density at radius 3 is 2.76 bits per heavy atom. The second kappa shape index (κ2) is 6.03. The maximum Gasteiger partial charge on any atom is 0.420 e. The maximum atomic E-state index is 12.2. The van der Waals surface area contributed by atoms with Crippen molar-refractivity contribution in [1.29, 1.82) is 0 Å². The first-order valence-electron chi connectivity index (χ1n) is 7.08. The number of benzene rings is 1. The van der Waals surface area contributed by atoms with Crippen molar-refractivity contribution in [3.05, 3.63) is 28.7 Å². The van der Waals surface area contributed by atoms with Gasteiger partial charge >= 0.3 is 5.76 Å². The van der Waals surface area contributed by atoms with Gasteiger partial charge in [-0.1, -0.05) is 13.8 Å². The van der Waals surface area contributed by atoms with Crippen LogP contribution in [0.5, 0.6) is 0 Å². The number of amides is 1. The van der Waals surface area contributed by atoms with Gasteiger partial charge in [-0.05, 0) is 37.5 Å². The fraction of sp³-hybridized carbons (Fsp3) is 0.467. The van der Waals surface area contributed by atoms with Crippen molar-refractivity contribution in [2.45, 2.75) is 33.2 Å². The molecule has 0 aliphatic rings. The van der Waals surface area contributed by atoms with Crippen LogP contribution in [-0.2, 0) is 4.79 Å². The van der Waals surface area contributed by atoms with Gasteiger partial charge in [0.05, 0.1) is 5.52 Å². The maximum absolute atomic E-state index is 12.2. The highest BCUT2D eigenvalue weighted by Gasteiger charge is 2.21. The van der Waals surface area contributed by atoms with Crippen LogP contribution >= 0.6 is 0 Å². The number of nitrogens with zero attached hydrogens (tertiary/aromatic N) is 1. The van der Waals surface area contributed by atoms with Crippen LogP contribution in [-0.4, -0.2) is 17.0 Å². The van der Waals surface area contributed by atoms with Gasteiger partial charge in [-0.25, -0.2) is 4.79 Å². The molecule has 3 N–H and O–H groups in total. The van der Waals surface area contributed by atoms with Crippen LogP contribution in [0.4, 0.5) is 5.69 Å². The van der Waals surface area contributed by atoms with Crippen molar-refractivity contribution < 1.29 is 9.21 Å². The van der Waals surface area contributed by atoms with Gasteiger partial charge in [0, 0.05) is 12.2 Å². The predicted molar refractivity (Wildman–Crippen MR) is 82.1 cm³/mol. The molecule has 0 saturated carbocycles. The second-order valence-corrected chi connectivity index (χ2v) is 5.61.